The van der Waals surface area contributed by atoms with Crippen LogP contribution in [-0.2, 0) is 6.54 Å². The van der Waals surface area contributed by atoms with Gasteiger partial charge >= 0.3 is 0 Å². The number of aromatic nitrogens is 1. The van der Waals surface area contributed by atoms with Crippen LogP contribution in [0.25, 0.3) is 10.9 Å². The first-order chi connectivity index (χ1) is 9.13. The molecule has 0 atom stereocenters. The van der Waals surface area contributed by atoms with Crippen LogP contribution >= 0.6 is 15.9 Å². The van der Waals surface area contributed by atoms with Gasteiger partial charge in [0.05, 0.1) is 0 Å². The van der Waals surface area contributed by atoms with E-state index in [1.165, 1.54) is 11.5 Å². The summed E-state index contributed by atoms with van der Waals surface area (Å²) >= 11 is 3.47. The van der Waals surface area contributed by atoms with Gasteiger partial charge in [-0.1, -0.05) is 22.0 Å². The van der Waals surface area contributed by atoms with Gasteiger partial charge in [0.25, 0.3) is 0 Å². The van der Waals surface area contributed by atoms with Crippen LogP contribution in [0, 0.1) is 12.7 Å². The van der Waals surface area contributed by atoms with Gasteiger partial charge in [-0.2, -0.15) is 0 Å². The normalized spacial score (nSPS) is 11.1. The summed E-state index contributed by atoms with van der Waals surface area (Å²) in [6, 6.07) is 13.2. The van der Waals surface area contributed by atoms with E-state index in [0.717, 1.165) is 21.1 Å². The predicted octanol–water partition coefficient (Wildman–Crippen LogP) is 4.90. The van der Waals surface area contributed by atoms with Crippen molar-refractivity contribution in [3.05, 3.63) is 70.1 Å². The molecule has 0 saturated heterocycles. The van der Waals surface area contributed by atoms with Gasteiger partial charge in [0, 0.05) is 28.1 Å². The van der Waals surface area contributed by atoms with Crippen LogP contribution in [0.15, 0.2) is 53.1 Å². The van der Waals surface area contributed by atoms with Crippen LogP contribution < -0.4 is 0 Å². The lowest BCUT2D eigenvalue weighted by molar-refractivity contribution is 0.623. The van der Waals surface area contributed by atoms with E-state index in [1.54, 1.807) is 6.07 Å². The molecule has 96 valence electrons. The van der Waals surface area contributed by atoms with Gasteiger partial charge < -0.3 is 4.57 Å². The Labute approximate surface area is 119 Å². The van der Waals surface area contributed by atoms with Gasteiger partial charge in [-0.15, -0.1) is 0 Å². The van der Waals surface area contributed by atoms with Crippen molar-refractivity contribution in [2.24, 2.45) is 0 Å². The van der Waals surface area contributed by atoms with E-state index < -0.39 is 0 Å². The number of rotatable bonds is 2. The minimum Gasteiger partial charge on any atom is -0.343 e. The van der Waals surface area contributed by atoms with Gasteiger partial charge in [-0.25, -0.2) is 4.39 Å². The maximum absolute atomic E-state index is 13.3. The second kappa shape index (κ2) is 4.82. The third-order valence-electron chi connectivity index (χ3n) is 3.38. The molecule has 3 heteroatoms. The van der Waals surface area contributed by atoms with Gasteiger partial charge in [-0.3, -0.25) is 0 Å². The number of hydrogen-bond donors (Lipinski definition) is 0. The first-order valence-corrected chi connectivity index (χ1v) is 6.92. The predicted molar refractivity (Wildman–Crippen MR) is 79.9 cm³/mol. The summed E-state index contributed by atoms with van der Waals surface area (Å²) in [4.78, 5) is 0. The first kappa shape index (κ1) is 12.4. The molecule has 1 aromatic heterocycles. The number of hydrogen-bond acceptors (Lipinski definition) is 0. The van der Waals surface area contributed by atoms with Crippen LogP contribution in [0.3, 0.4) is 0 Å². The molecule has 2 aromatic carbocycles. The smallest absolute Gasteiger partial charge is 0.123 e. The number of halogens is 2. The van der Waals surface area contributed by atoms with E-state index >= 15 is 0 Å². The quantitative estimate of drug-likeness (QED) is 0.633. The Morgan fingerprint density at radius 1 is 1.11 bits per heavy atom. The zero-order chi connectivity index (χ0) is 13.4. The molecule has 0 fully saturated rings. The maximum Gasteiger partial charge on any atom is 0.123 e. The van der Waals surface area contributed by atoms with E-state index in [4.69, 9.17) is 0 Å². The minimum atomic E-state index is -0.181. The summed E-state index contributed by atoms with van der Waals surface area (Å²) in [6.45, 7) is 2.70. The molecule has 3 rings (SSSR count). The SMILES string of the molecule is Cc1ccc(F)cc1Cn1ccc2cc(Br)ccc21. The summed E-state index contributed by atoms with van der Waals surface area (Å²) in [5.74, 6) is -0.181. The summed E-state index contributed by atoms with van der Waals surface area (Å²) in [6.07, 6.45) is 2.04. The van der Waals surface area contributed by atoms with Crippen molar-refractivity contribution in [2.75, 3.05) is 0 Å². The monoisotopic (exact) mass is 317 g/mol. The molecule has 3 aromatic rings. The zero-order valence-corrected chi connectivity index (χ0v) is 12.1. The van der Waals surface area contributed by atoms with Crippen LogP contribution in [-0.4, -0.2) is 4.57 Å². The lowest BCUT2D eigenvalue weighted by atomic mass is 10.1. The number of aryl methyl sites for hydroxylation is 1. The van der Waals surface area contributed by atoms with Gasteiger partial charge in [0.2, 0.25) is 0 Å². The highest BCUT2D eigenvalue weighted by atomic mass is 79.9. The summed E-state index contributed by atoms with van der Waals surface area (Å²) < 4.78 is 16.5. The topological polar surface area (TPSA) is 4.93 Å². The van der Waals surface area contributed by atoms with Crippen molar-refractivity contribution in [2.45, 2.75) is 13.5 Å². The van der Waals surface area contributed by atoms with Gasteiger partial charge in [0.15, 0.2) is 0 Å². The molecule has 0 saturated carbocycles. The molecule has 0 bridgehead atoms. The highest BCUT2D eigenvalue weighted by Gasteiger charge is 2.05. The fraction of sp³-hybridized carbons (Fsp3) is 0.125. The molecule has 19 heavy (non-hydrogen) atoms. The molecule has 0 unspecified atom stereocenters. The first-order valence-electron chi connectivity index (χ1n) is 6.13. The molecular weight excluding hydrogens is 305 g/mol. The standard InChI is InChI=1S/C16H13BrFN/c1-11-2-4-15(18)9-13(11)10-19-7-6-12-8-14(17)3-5-16(12)19/h2-9H,10H2,1H3. The van der Waals surface area contributed by atoms with E-state index in [1.807, 2.05) is 25.3 Å². The molecule has 0 radical (unpaired) electrons. The lowest BCUT2D eigenvalue weighted by Crippen LogP contribution is -2.00. The number of benzene rings is 2. The van der Waals surface area contributed by atoms with Crippen molar-refractivity contribution in [3.8, 4) is 0 Å². The van der Waals surface area contributed by atoms with Crippen molar-refractivity contribution < 1.29 is 4.39 Å². The third-order valence-corrected chi connectivity index (χ3v) is 3.88. The summed E-state index contributed by atoms with van der Waals surface area (Å²) in [7, 11) is 0. The lowest BCUT2D eigenvalue weighted by Gasteiger charge is -2.09. The maximum atomic E-state index is 13.3. The Morgan fingerprint density at radius 3 is 2.79 bits per heavy atom. The van der Waals surface area contributed by atoms with Gasteiger partial charge in [0.1, 0.15) is 5.82 Å². The molecular formula is C16H13BrFN. The van der Waals surface area contributed by atoms with Crippen LogP contribution in [0.1, 0.15) is 11.1 Å². The van der Waals surface area contributed by atoms with Gasteiger partial charge in [-0.05, 0) is 54.4 Å². The largest absolute Gasteiger partial charge is 0.343 e. The van der Waals surface area contributed by atoms with E-state index in [9.17, 15) is 4.39 Å². The van der Waals surface area contributed by atoms with E-state index in [-0.39, 0.29) is 5.82 Å². The minimum absolute atomic E-state index is 0.181. The highest BCUT2D eigenvalue weighted by molar-refractivity contribution is 9.10. The number of fused-ring (bicyclic) bond motifs is 1. The Kier molecular flexibility index (Phi) is 3.15. The fourth-order valence-electron chi connectivity index (χ4n) is 2.30. The molecule has 0 aliphatic carbocycles. The summed E-state index contributed by atoms with van der Waals surface area (Å²) in [5.41, 5.74) is 3.28. The molecule has 0 N–H and O–H groups in total. The Hall–Kier alpha value is -1.61. The van der Waals surface area contributed by atoms with E-state index in [0.29, 0.717) is 6.54 Å². The molecule has 0 amide bonds. The van der Waals surface area contributed by atoms with Crippen LogP contribution in [0.4, 0.5) is 4.39 Å². The second-order valence-electron chi connectivity index (χ2n) is 4.72. The molecule has 1 heterocycles. The third kappa shape index (κ3) is 2.43. The Balaban J connectivity index is 2.03. The van der Waals surface area contributed by atoms with Crippen molar-refractivity contribution >= 4 is 26.8 Å². The number of nitrogens with zero attached hydrogens (tertiary/aromatic N) is 1. The highest BCUT2D eigenvalue weighted by Crippen LogP contribution is 2.22. The molecule has 0 aliphatic heterocycles. The zero-order valence-electron chi connectivity index (χ0n) is 10.5. The molecule has 1 nitrogen and oxygen atoms in total. The average molecular weight is 318 g/mol. The van der Waals surface area contributed by atoms with Crippen molar-refractivity contribution in [1.82, 2.24) is 4.57 Å². The molecule has 0 spiro atoms. The van der Waals surface area contributed by atoms with Crippen LogP contribution in [0.2, 0.25) is 0 Å². The second-order valence-corrected chi connectivity index (χ2v) is 5.63. The van der Waals surface area contributed by atoms with Crippen molar-refractivity contribution in [1.29, 1.82) is 0 Å². The van der Waals surface area contributed by atoms with Crippen LogP contribution in [0.5, 0.6) is 0 Å². The van der Waals surface area contributed by atoms with Crippen molar-refractivity contribution in [3.63, 3.8) is 0 Å². The molecule has 0 aliphatic rings. The fourth-order valence-corrected chi connectivity index (χ4v) is 2.68. The summed E-state index contributed by atoms with van der Waals surface area (Å²) in [5, 5.41) is 1.18. The Bertz CT molecular complexity index is 746. The van der Waals surface area contributed by atoms with E-state index in [2.05, 4.69) is 38.7 Å². The Morgan fingerprint density at radius 2 is 1.95 bits per heavy atom. The average Bonchev–Trinajstić information content (AvgIpc) is 2.76.